The van der Waals surface area contributed by atoms with Gasteiger partial charge in [-0.2, -0.15) is 0 Å². The van der Waals surface area contributed by atoms with Gasteiger partial charge in [0.1, 0.15) is 5.82 Å². The lowest BCUT2D eigenvalue weighted by Crippen LogP contribution is -2.22. The highest BCUT2D eigenvalue weighted by atomic mass is 35.5. The van der Waals surface area contributed by atoms with Crippen molar-refractivity contribution in [1.29, 1.82) is 0 Å². The second kappa shape index (κ2) is 7.75. The van der Waals surface area contributed by atoms with Gasteiger partial charge in [-0.1, -0.05) is 38.4 Å². The molecule has 1 aromatic carbocycles. The number of nitrogens with one attached hydrogen (secondary N) is 1. The van der Waals surface area contributed by atoms with Crippen molar-refractivity contribution in [2.75, 3.05) is 13.1 Å². The van der Waals surface area contributed by atoms with E-state index in [1.165, 1.54) is 6.07 Å². The maximum atomic E-state index is 13.6. The van der Waals surface area contributed by atoms with E-state index in [2.05, 4.69) is 26.1 Å². The van der Waals surface area contributed by atoms with Crippen molar-refractivity contribution in [3.05, 3.63) is 34.6 Å². The minimum atomic E-state index is -0.190. The van der Waals surface area contributed by atoms with Crippen LogP contribution < -0.4 is 5.32 Å². The number of hydrogen-bond acceptors (Lipinski definition) is 1. The Bertz CT molecular complexity index is 345. The molecular formula is C15H23ClFN. The Labute approximate surface area is 115 Å². The van der Waals surface area contributed by atoms with E-state index < -0.39 is 0 Å². The van der Waals surface area contributed by atoms with Crippen LogP contribution >= 0.6 is 11.6 Å². The van der Waals surface area contributed by atoms with Crippen LogP contribution in [0.3, 0.4) is 0 Å². The first kappa shape index (κ1) is 15.5. The Balaban J connectivity index is 2.38. The monoisotopic (exact) mass is 271 g/mol. The Morgan fingerprint density at radius 2 is 2.00 bits per heavy atom. The standard InChI is InChI=1S/C15H23ClFN/c1-11(2)10-18-8-7-12(3)9-13-14(16)5-4-6-15(13)17/h4-6,11-12,18H,7-10H2,1-3H3. The summed E-state index contributed by atoms with van der Waals surface area (Å²) in [5.41, 5.74) is 0.649. The minimum Gasteiger partial charge on any atom is -0.316 e. The summed E-state index contributed by atoms with van der Waals surface area (Å²) in [7, 11) is 0. The molecule has 0 radical (unpaired) electrons. The molecule has 3 heteroatoms. The average molecular weight is 272 g/mol. The lowest BCUT2D eigenvalue weighted by Gasteiger charge is -2.14. The Hall–Kier alpha value is -0.600. The van der Waals surface area contributed by atoms with Crippen LogP contribution in [0.1, 0.15) is 32.8 Å². The lowest BCUT2D eigenvalue weighted by molar-refractivity contribution is 0.467. The van der Waals surface area contributed by atoms with Gasteiger partial charge in [0.05, 0.1) is 0 Å². The third-order valence-electron chi connectivity index (χ3n) is 2.98. The third-order valence-corrected chi connectivity index (χ3v) is 3.33. The van der Waals surface area contributed by atoms with Crippen LogP contribution in [0.4, 0.5) is 4.39 Å². The summed E-state index contributed by atoms with van der Waals surface area (Å²) >= 11 is 6.02. The maximum absolute atomic E-state index is 13.6. The van der Waals surface area contributed by atoms with Crippen LogP contribution in [0.5, 0.6) is 0 Å². The normalized spacial score (nSPS) is 13.0. The van der Waals surface area contributed by atoms with Gasteiger partial charge < -0.3 is 5.32 Å². The van der Waals surface area contributed by atoms with Gasteiger partial charge in [-0.25, -0.2) is 4.39 Å². The molecule has 102 valence electrons. The quantitative estimate of drug-likeness (QED) is 0.730. The van der Waals surface area contributed by atoms with E-state index in [1.54, 1.807) is 12.1 Å². The van der Waals surface area contributed by atoms with Crippen molar-refractivity contribution in [3.8, 4) is 0 Å². The second-order valence-corrected chi connectivity index (χ2v) is 5.80. The summed E-state index contributed by atoms with van der Waals surface area (Å²) in [6, 6.07) is 4.88. The number of hydrogen-bond donors (Lipinski definition) is 1. The highest BCUT2D eigenvalue weighted by Crippen LogP contribution is 2.23. The molecule has 1 rings (SSSR count). The highest BCUT2D eigenvalue weighted by molar-refractivity contribution is 6.31. The van der Waals surface area contributed by atoms with Gasteiger partial charge in [-0.15, -0.1) is 0 Å². The molecule has 18 heavy (non-hydrogen) atoms. The zero-order valence-electron chi connectivity index (χ0n) is 11.5. The van der Waals surface area contributed by atoms with E-state index >= 15 is 0 Å². The fourth-order valence-electron chi connectivity index (χ4n) is 1.92. The molecule has 0 aromatic heterocycles. The van der Waals surface area contributed by atoms with E-state index in [1.807, 2.05) is 0 Å². The summed E-state index contributed by atoms with van der Waals surface area (Å²) in [5.74, 6) is 0.907. The van der Waals surface area contributed by atoms with Crippen LogP contribution in [0.25, 0.3) is 0 Å². The maximum Gasteiger partial charge on any atom is 0.127 e. The number of rotatable bonds is 7. The van der Waals surface area contributed by atoms with Gasteiger partial charge in [-0.05, 0) is 49.9 Å². The first-order valence-corrected chi connectivity index (χ1v) is 7.02. The predicted molar refractivity (Wildman–Crippen MR) is 76.6 cm³/mol. The van der Waals surface area contributed by atoms with Gasteiger partial charge in [0.25, 0.3) is 0 Å². The first-order chi connectivity index (χ1) is 8.50. The fourth-order valence-corrected chi connectivity index (χ4v) is 2.16. The van der Waals surface area contributed by atoms with Crippen molar-refractivity contribution < 1.29 is 4.39 Å². The lowest BCUT2D eigenvalue weighted by atomic mass is 9.97. The van der Waals surface area contributed by atoms with E-state index in [0.717, 1.165) is 19.5 Å². The van der Waals surface area contributed by atoms with E-state index in [-0.39, 0.29) is 5.82 Å². The Morgan fingerprint density at radius 1 is 1.28 bits per heavy atom. The zero-order valence-corrected chi connectivity index (χ0v) is 12.2. The Kier molecular flexibility index (Phi) is 6.66. The molecule has 1 unspecified atom stereocenters. The molecule has 1 atom stereocenters. The Morgan fingerprint density at radius 3 is 2.61 bits per heavy atom. The summed E-state index contributed by atoms with van der Waals surface area (Å²) in [6.07, 6.45) is 1.74. The molecule has 0 saturated carbocycles. The van der Waals surface area contributed by atoms with Crippen molar-refractivity contribution >= 4 is 11.6 Å². The zero-order chi connectivity index (χ0) is 13.5. The highest BCUT2D eigenvalue weighted by Gasteiger charge is 2.11. The molecular weight excluding hydrogens is 249 g/mol. The van der Waals surface area contributed by atoms with Crippen LogP contribution in [-0.4, -0.2) is 13.1 Å². The smallest absolute Gasteiger partial charge is 0.127 e. The molecule has 0 aliphatic rings. The molecule has 0 heterocycles. The summed E-state index contributed by atoms with van der Waals surface area (Å²) in [6.45, 7) is 8.53. The summed E-state index contributed by atoms with van der Waals surface area (Å²) in [4.78, 5) is 0. The van der Waals surface area contributed by atoms with Crippen LogP contribution in [0.2, 0.25) is 5.02 Å². The molecule has 1 aromatic rings. The predicted octanol–water partition coefficient (Wildman–Crippen LogP) is 4.29. The number of halogens is 2. The van der Waals surface area contributed by atoms with Crippen LogP contribution in [0, 0.1) is 17.7 Å². The first-order valence-electron chi connectivity index (χ1n) is 6.64. The molecule has 1 N–H and O–H groups in total. The summed E-state index contributed by atoms with van der Waals surface area (Å²) in [5, 5.41) is 3.94. The molecule has 0 fully saturated rings. The molecule has 0 amide bonds. The van der Waals surface area contributed by atoms with E-state index in [9.17, 15) is 4.39 Å². The molecule has 0 aliphatic carbocycles. The molecule has 1 nitrogen and oxygen atoms in total. The molecule has 0 saturated heterocycles. The number of benzene rings is 1. The van der Waals surface area contributed by atoms with Crippen LogP contribution in [0.15, 0.2) is 18.2 Å². The van der Waals surface area contributed by atoms with Crippen molar-refractivity contribution in [3.63, 3.8) is 0 Å². The summed E-state index contributed by atoms with van der Waals surface area (Å²) < 4.78 is 13.6. The SMILES string of the molecule is CC(C)CNCCC(C)Cc1c(F)cccc1Cl. The molecule has 0 bridgehead atoms. The van der Waals surface area contributed by atoms with Crippen molar-refractivity contribution in [1.82, 2.24) is 5.32 Å². The van der Waals surface area contributed by atoms with Gasteiger partial charge in [0, 0.05) is 10.6 Å². The topological polar surface area (TPSA) is 12.0 Å². The van der Waals surface area contributed by atoms with Crippen LogP contribution in [-0.2, 0) is 6.42 Å². The van der Waals surface area contributed by atoms with Gasteiger partial charge in [0.15, 0.2) is 0 Å². The average Bonchev–Trinajstić information content (AvgIpc) is 2.29. The van der Waals surface area contributed by atoms with Gasteiger partial charge >= 0.3 is 0 Å². The third kappa shape index (κ3) is 5.36. The van der Waals surface area contributed by atoms with Gasteiger partial charge in [-0.3, -0.25) is 0 Å². The molecule has 0 aliphatic heterocycles. The minimum absolute atomic E-state index is 0.190. The van der Waals surface area contributed by atoms with Crippen molar-refractivity contribution in [2.45, 2.75) is 33.6 Å². The van der Waals surface area contributed by atoms with E-state index in [0.29, 0.717) is 28.8 Å². The largest absolute Gasteiger partial charge is 0.316 e. The van der Waals surface area contributed by atoms with Gasteiger partial charge in [0.2, 0.25) is 0 Å². The fraction of sp³-hybridized carbons (Fsp3) is 0.600. The van der Waals surface area contributed by atoms with Crippen molar-refractivity contribution in [2.24, 2.45) is 11.8 Å². The molecule has 0 spiro atoms. The second-order valence-electron chi connectivity index (χ2n) is 5.40. The van der Waals surface area contributed by atoms with E-state index in [4.69, 9.17) is 11.6 Å².